The predicted octanol–water partition coefficient (Wildman–Crippen LogP) is 2.54. The minimum Gasteiger partial charge on any atom is -0.347 e. The van der Waals surface area contributed by atoms with Gasteiger partial charge in [-0.25, -0.2) is 4.79 Å². The second-order valence-electron chi connectivity index (χ2n) is 9.39. The Morgan fingerprint density at radius 3 is 2.79 bits per heavy atom. The van der Waals surface area contributed by atoms with Gasteiger partial charge in [-0.05, 0) is 43.9 Å². The highest BCUT2D eigenvalue weighted by atomic mass is 32.2. The lowest BCUT2D eigenvalue weighted by Crippen LogP contribution is -2.62. The third kappa shape index (κ3) is 3.68. The van der Waals surface area contributed by atoms with E-state index in [1.807, 2.05) is 47.5 Å². The van der Waals surface area contributed by atoms with Gasteiger partial charge >= 0.3 is 6.03 Å². The maximum absolute atomic E-state index is 13.4. The summed E-state index contributed by atoms with van der Waals surface area (Å²) in [6.45, 7) is 0.782. The average molecular weight is 477 g/mol. The highest BCUT2D eigenvalue weighted by molar-refractivity contribution is 8.04. The summed E-state index contributed by atoms with van der Waals surface area (Å²) < 4.78 is 0. The van der Waals surface area contributed by atoms with Crippen molar-refractivity contribution in [2.75, 3.05) is 11.4 Å². The number of hydrogen-bond donors (Lipinski definition) is 4. The third-order valence-corrected chi connectivity index (χ3v) is 8.70. The fourth-order valence-corrected chi connectivity index (χ4v) is 7.07. The molecule has 3 unspecified atom stereocenters. The number of aromatic nitrogens is 1. The Balaban J connectivity index is 1.31. The third-order valence-electron chi connectivity index (χ3n) is 7.34. The molecule has 34 heavy (non-hydrogen) atoms. The smallest absolute Gasteiger partial charge is 0.326 e. The number of carbonyl (C=O) groups excluding carboxylic acids is 2. The quantitative estimate of drug-likeness (QED) is 0.540. The Labute approximate surface area is 202 Å². The van der Waals surface area contributed by atoms with Crippen LogP contribution in [-0.2, 0) is 4.79 Å². The van der Waals surface area contributed by atoms with Crippen LogP contribution in [0, 0.1) is 5.92 Å². The molecule has 4 aliphatic rings. The summed E-state index contributed by atoms with van der Waals surface area (Å²) in [5, 5.41) is 9.78. The number of carbonyl (C=O) groups is 2. The standard InChI is InChI=1S/C25H28N6O2S/c26-17-7-4-8-18(17)29-23(32)22-21-20-19(9-10-28-24(20)34-22)31(25(33)30-21)16-11-15(12-27-13-16)14-5-2-1-3-6-14/h1-3,5-6,11-13,17-20,24,28H,4,7-10,26H2,(H,29,32)(H,30,33)/t17-,18+,19?,20?,24?/m0/s1. The molecule has 6 rings (SSSR count). The Bertz CT molecular complexity index is 1160. The van der Waals surface area contributed by atoms with E-state index in [9.17, 15) is 9.59 Å². The fraction of sp³-hybridized carbons (Fsp3) is 0.400. The number of hydrogen-bond acceptors (Lipinski definition) is 6. The van der Waals surface area contributed by atoms with E-state index in [1.165, 1.54) is 11.8 Å². The van der Waals surface area contributed by atoms with Crippen molar-refractivity contribution in [3.8, 4) is 11.1 Å². The number of rotatable bonds is 4. The largest absolute Gasteiger partial charge is 0.347 e. The maximum Gasteiger partial charge on any atom is 0.326 e. The van der Waals surface area contributed by atoms with Gasteiger partial charge in [-0.2, -0.15) is 0 Å². The average Bonchev–Trinajstić information content (AvgIpc) is 3.44. The van der Waals surface area contributed by atoms with Crippen LogP contribution in [0.3, 0.4) is 0 Å². The maximum atomic E-state index is 13.4. The van der Waals surface area contributed by atoms with Crippen molar-refractivity contribution in [2.24, 2.45) is 11.7 Å². The van der Waals surface area contributed by atoms with Crippen molar-refractivity contribution in [1.29, 1.82) is 0 Å². The molecule has 1 aliphatic carbocycles. The van der Waals surface area contributed by atoms with Crippen LogP contribution >= 0.6 is 11.8 Å². The molecule has 0 bridgehead atoms. The van der Waals surface area contributed by atoms with Crippen LogP contribution in [0.2, 0.25) is 0 Å². The first kappa shape index (κ1) is 21.6. The minimum atomic E-state index is -0.214. The van der Waals surface area contributed by atoms with E-state index >= 15 is 0 Å². The molecule has 176 valence electrons. The molecular formula is C25H28N6O2S. The van der Waals surface area contributed by atoms with Crippen LogP contribution < -0.4 is 26.6 Å². The molecular weight excluding hydrogens is 448 g/mol. The molecule has 0 radical (unpaired) electrons. The summed E-state index contributed by atoms with van der Waals surface area (Å²) in [6, 6.07) is 11.8. The molecule has 3 amide bonds. The number of nitrogens with one attached hydrogen (secondary N) is 3. The highest BCUT2D eigenvalue weighted by Crippen LogP contribution is 2.48. The SMILES string of the molecule is N[C@H]1CCC[C@H]1NC(=O)C1=C2NC(=O)N(c3cncc(-c4ccccc4)c3)C3CCNC(S1)C23. The molecule has 1 aromatic carbocycles. The first-order chi connectivity index (χ1) is 16.6. The second kappa shape index (κ2) is 8.72. The van der Waals surface area contributed by atoms with Gasteiger partial charge in [0.25, 0.3) is 5.91 Å². The van der Waals surface area contributed by atoms with E-state index in [0.29, 0.717) is 4.91 Å². The first-order valence-corrected chi connectivity index (χ1v) is 12.8. The van der Waals surface area contributed by atoms with Gasteiger partial charge in [-0.3, -0.25) is 14.7 Å². The van der Waals surface area contributed by atoms with Crippen LogP contribution in [0.15, 0.2) is 59.4 Å². The van der Waals surface area contributed by atoms with Gasteiger partial charge in [0.05, 0.1) is 28.2 Å². The van der Waals surface area contributed by atoms with Gasteiger partial charge in [0.2, 0.25) is 0 Å². The molecule has 0 spiro atoms. The Hall–Kier alpha value is -2.88. The topological polar surface area (TPSA) is 112 Å². The van der Waals surface area contributed by atoms with Crippen molar-refractivity contribution in [1.82, 2.24) is 20.9 Å². The van der Waals surface area contributed by atoms with Crippen molar-refractivity contribution < 1.29 is 9.59 Å². The van der Waals surface area contributed by atoms with Gasteiger partial charge in [0.1, 0.15) is 0 Å². The van der Waals surface area contributed by atoms with E-state index in [2.05, 4.69) is 20.9 Å². The molecule has 8 nitrogen and oxygen atoms in total. The number of amides is 3. The van der Waals surface area contributed by atoms with Crippen LogP contribution in [0.1, 0.15) is 25.7 Å². The van der Waals surface area contributed by atoms with E-state index in [4.69, 9.17) is 5.73 Å². The molecule has 1 saturated carbocycles. The van der Waals surface area contributed by atoms with Crippen molar-refractivity contribution >= 4 is 29.4 Å². The molecule has 1 aromatic heterocycles. The van der Waals surface area contributed by atoms with Gasteiger partial charge in [-0.15, -0.1) is 0 Å². The van der Waals surface area contributed by atoms with Crippen molar-refractivity contribution in [3.63, 3.8) is 0 Å². The van der Waals surface area contributed by atoms with E-state index in [1.54, 1.807) is 6.20 Å². The number of benzene rings is 1. The summed E-state index contributed by atoms with van der Waals surface area (Å²) in [4.78, 5) is 33.5. The van der Waals surface area contributed by atoms with Crippen LogP contribution in [0.25, 0.3) is 11.1 Å². The predicted molar refractivity (Wildman–Crippen MR) is 133 cm³/mol. The molecule has 2 aromatic rings. The number of urea groups is 1. The summed E-state index contributed by atoms with van der Waals surface area (Å²) in [7, 11) is 0. The van der Waals surface area contributed by atoms with E-state index in [0.717, 1.165) is 54.7 Å². The molecule has 2 saturated heterocycles. The lowest BCUT2D eigenvalue weighted by molar-refractivity contribution is -0.117. The Morgan fingerprint density at radius 2 is 2.00 bits per heavy atom. The Kier molecular flexibility index (Phi) is 5.55. The fourth-order valence-electron chi connectivity index (χ4n) is 5.67. The zero-order valence-corrected chi connectivity index (χ0v) is 19.6. The summed E-state index contributed by atoms with van der Waals surface area (Å²) in [6.07, 6.45) is 7.23. The van der Waals surface area contributed by atoms with Crippen molar-refractivity contribution in [3.05, 3.63) is 59.4 Å². The second-order valence-corrected chi connectivity index (χ2v) is 10.5. The van der Waals surface area contributed by atoms with Crippen molar-refractivity contribution in [2.45, 2.75) is 49.2 Å². The number of piperidine rings is 1. The molecule has 3 aliphatic heterocycles. The highest BCUT2D eigenvalue weighted by Gasteiger charge is 2.52. The minimum absolute atomic E-state index is 0.00447. The number of nitrogens with two attached hydrogens (primary N) is 1. The molecule has 4 heterocycles. The molecule has 5 atom stereocenters. The van der Waals surface area contributed by atoms with E-state index < -0.39 is 0 Å². The van der Waals surface area contributed by atoms with Gasteiger partial charge in [-0.1, -0.05) is 42.1 Å². The number of pyridine rings is 1. The first-order valence-electron chi connectivity index (χ1n) is 11.9. The Morgan fingerprint density at radius 1 is 1.15 bits per heavy atom. The van der Waals surface area contributed by atoms with Crippen LogP contribution in [0.5, 0.6) is 0 Å². The molecule has 3 fully saturated rings. The normalized spacial score (nSPS) is 30.2. The number of nitrogens with zero attached hydrogens (tertiary/aromatic N) is 2. The summed E-state index contributed by atoms with van der Waals surface area (Å²) in [5.41, 5.74) is 9.70. The van der Waals surface area contributed by atoms with Gasteiger partial charge in [0, 0.05) is 35.5 Å². The van der Waals surface area contributed by atoms with E-state index in [-0.39, 0.29) is 41.4 Å². The van der Waals surface area contributed by atoms with Crippen LogP contribution in [0.4, 0.5) is 10.5 Å². The summed E-state index contributed by atoms with van der Waals surface area (Å²) in [5.74, 6) is -0.117. The summed E-state index contributed by atoms with van der Waals surface area (Å²) >= 11 is 1.52. The molecule has 9 heteroatoms. The number of thioether (sulfide) groups is 1. The van der Waals surface area contributed by atoms with Gasteiger partial charge < -0.3 is 21.7 Å². The lowest BCUT2D eigenvalue weighted by Gasteiger charge is -2.45. The zero-order chi connectivity index (χ0) is 23.2. The van der Waals surface area contributed by atoms with Gasteiger partial charge in [0.15, 0.2) is 0 Å². The number of anilines is 1. The monoisotopic (exact) mass is 476 g/mol. The van der Waals surface area contributed by atoms with Crippen LogP contribution in [-0.4, -0.2) is 47.0 Å². The molecule has 5 N–H and O–H groups in total. The lowest BCUT2D eigenvalue weighted by atomic mass is 9.86. The zero-order valence-electron chi connectivity index (χ0n) is 18.7.